The van der Waals surface area contributed by atoms with Crippen LogP contribution in [-0.4, -0.2) is 16.1 Å². The summed E-state index contributed by atoms with van der Waals surface area (Å²) in [4.78, 5) is 14.9. The molecule has 4 heteroatoms. The number of nitrogens with zero attached hydrogens (tertiary/aromatic N) is 1. The van der Waals surface area contributed by atoms with Crippen molar-refractivity contribution in [2.24, 2.45) is 0 Å². The van der Waals surface area contributed by atoms with E-state index in [1.165, 1.54) is 0 Å². The van der Waals surface area contributed by atoms with Crippen molar-refractivity contribution in [1.29, 1.82) is 0 Å². The number of pyridine rings is 1. The summed E-state index contributed by atoms with van der Waals surface area (Å²) in [6.07, 6.45) is 1.66. The van der Waals surface area contributed by atoms with Gasteiger partial charge in [-0.15, -0.1) is 0 Å². The van der Waals surface area contributed by atoms with E-state index in [1.54, 1.807) is 30.5 Å². The molecule has 0 amide bonds. The van der Waals surface area contributed by atoms with E-state index in [0.29, 0.717) is 5.82 Å². The fourth-order valence-corrected chi connectivity index (χ4v) is 1.70. The van der Waals surface area contributed by atoms with Crippen LogP contribution in [0.3, 0.4) is 0 Å². The van der Waals surface area contributed by atoms with Crippen molar-refractivity contribution < 1.29 is 9.90 Å². The lowest BCUT2D eigenvalue weighted by molar-refractivity contribution is 0.0697. The van der Waals surface area contributed by atoms with Crippen LogP contribution in [-0.2, 0) is 0 Å². The molecule has 86 valence electrons. The summed E-state index contributed by atoms with van der Waals surface area (Å²) in [6, 6.07) is 8.53. The van der Waals surface area contributed by atoms with Crippen molar-refractivity contribution in [2.45, 2.75) is 6.92 Å². The molecule has 3 N–H and O–H groups in total. The molecule has 0 spiro atoms. The smallest absolute Gasteiger partial charge is 0.335 e. The Morgan fingerprint density at radius 2 is 2.12 bits per heavy atom. The highest BCUT2D eigenvalue weighted by atomic mass is 16.4. The van der Waals surface area contributed by atoms with Gasteiger partial charge in [-0.2, -0.15) is 0 Å². The van der Waals surface area contributed by atoms with E-state index in [0.717, 1.165) is 16.7 Å². The minimum absolute atomic E-state index is 0.263. The number of carbonyl (C=O) groups is 1. The Kier molecular flexibility index (Phi) is 2.78. The van der Waals surface area contributed by atoms with E-state index in [2.05, 4.69) is 4.98 Å². The number of aryl methyl sites for hydroxylation is 1. The van der Waals surface area contributed by atoms with Gasteiger partial charge in [0.25, 0.3) is 0 Å². The maximum Gasteiger partial charge on any atom is 0.335 e. The second-order valence-corrected chi connectivity index (χ2v) is 3.81. The number of hydrogen-bond acceptors (Lipinski definition) is 3. The molecule has 17 heavy (non-hydrogen) atoms. The minimum Gasteiger partial charge on any atom is -0.478 e. The number of anilines is 1. The van der Waals surface area contributed by atoms with E-state index in [4.69, 9.17) is 10.8 Å². The first-order chi connectivity index (χ1) is 8.08. The molecular weight excluding hydrogens is 216 g/mol. The van der Waals surface area contributed by atoms with Crippen LogP contribution in [0, 0.1) is 6.92 Å². The molecule has 0 fully saturated rings. The summed E-state index contributed by atoms with van der Waals surface area (Å²) in [5, 5.41) is 8.93. The van der Waals surface area contributed by atoms with Crippen LogP contribution < -0.4 is 5.73 Å². The van der Waals surface area contributed by atoms with Gasteiger partial charge in [0.05, 0.1) is 5.56 Å². The summed E-state index contributed by atoms with van der Waals surface area (Å²) in [5.74, 6) is -0.478. The Morgan fingerprint density at radius 1 is 1.35 bits per heavy atom. The molecule has 1 heterocycles. The Balaban J connectivity index is 2.53. The maximum absolute atomic E-state index is 10.9. The average molecular weight is 228 g/mol. The van der Waals surface area contributed by atoms with Crippen LogP contribution in [0.4, 0.5) is 5.82 Å². The van der Waals surface area contributed by atoms with Gasteiger partial charge < -0.3 is 10.8 Å². The molecule has 0 aliphatic carbocycles. The molecule has 1 aromatic carbocycles. The summed E-state index contributed by atoms with van der Waals surface area (Å²) >= 11 is 0. The molecule has 0 bridgehead atoms. The normalized spacial score (nSPS) is 10.2. The van der Waals surface area contributed by atoms with Gasteiger partial charge in [0.1, 0.15) is 5.82 Å². The van der Waals surface area contributed by atoms with Gasteiger partial charge in [0.15, 0.2) is 0 Å². The van der Waals surface area contributed by atoms with E-state index in [-0.39, 0.29) is 5.56 Å². The summed E-state index contributed by atoms with van der Waals surface area (Å²) < 4.78 is 0. The average Bonchev–Trinajstić information content (AvgIpc) is 2.29. The lowest BCUT2D eigenvalue weighted by atomic mass is 10.0. The number of hydrogen-bond donors (Lipinski definition) is 2. The molecule has 0 atom stereocenters. The molecule has 0 aliphatic rings. The predicted molar refractivity (Wildman–Crippen MR) is 65.8 cm³/mol. The van der Waals surface area contributed by atoms with Gasteiger partial charge in [-0.3, -0.25) is 0 Å². The summed E-state index contributed by atoms with van der Waals surface area (Å²) in [5.41, 5.74) is 8.53. The molecule has 0 unspecified atom stereocenters. The summed E-state index contributed by atoms with van der Waals surface area (Å²) in [7, 11) is 0. The van der Waals surface area contributed by atoms with Crippen molar-refractivity contribution >= 4 is 11.8 Å². The number of carboxylic acids is 1. The Hall–Kier alpha value is -2.36. The zero-order valence-electron chi connectivity index (χ0n) is 9.34. The zero-order chi connectivity index (χ0) is 12.4. The third kappa shape index (κ3) is 2.25. The molecule has 2 aromatic rings. The first-order valence-electron chi connectivity index (χ1n) is 5.14. The number of aromatic nitrogens is 1. The largest absolute Gasteiger partial charge is 0.478 e. The van der Waals surface area contributed by atoms with Gasteiger partial charge in [-0.1, -0.05) is 12.1 Å². The Bertz CT molecular complexity index is 579. The fourth-order valence-electron chi connectivity index (χ4n) is 1.70. The van der Waals surface area contributed by atoms with E-state index >= 15 is 0 Å². The van der Waals surface area contributed by atoms with Crippen molar-refractivity contribution in [2.75, 3.05) is 5.73 Å². The van der Waals surface area contributed by atoms with Crippen LogP contribution in [0.1, 0.15) is 15.9 Å². The third-order valence-corrected chi connectivity index (χ3v) is 2.55. The second-order valence-electron chi connectivity index (χ2n) is 3.81. The number of nitrogen functional groups attached to an aromatic ring is 1. The Morgan fingerprint density at radius 3 is 2.76 bits per heavy atom. The maximum atomic E-state index is 10.9. The number of carboxylic acid groups (broad SMARTS) is 1. The third-order valence-electron chi connectivity index (χ3n) is 2.55. The van der Waals surface area contributed by atoms with Gasteiger partial charge >= 0.3 is 5.97 Å². The number of rotatable bonds is 2. The molecule has 2 rings (SSSR count). The fraction of sp³-hybridized carbons (Fsp3) is 0.0769. The lowest BCUT2D eigenvalue weighted by Crippen LogP contribution is -1.97. The van der Waals surface area contributed by atoms with E-state index in [9.17, 15) is 4.79 Å². The first-order valence-corrected chi connectivity index (χ1v) is 5.14. The topological polar surface area (TPSA) is 76.2 Å². The van der Waals surface area contributed by atoms with Gasteiger partial charge in [-0.05, 0) is 36.2 Å². The molecule has 4 nitrogen and oxygen atoms in total. The number of aromatic carboxylic acids is 1. The van der Waals surface area contributed by atoms with Crippen LogP contribution in [0.5, 0.6) is 0 Å². The lowest BCUT2D eigenvalue weighted by Gasteiger charge is -2.07. The predicted octanol–water partition coefficient (Wildman–Crippen LogP) is 2.34. The molecule has 1 aromatic heterocycles. The zero-order valence-corrected chi connectivity index (χ0v) is 9.34. The standard InChI is InChI=1S/C13H12N2O2/c1-8-5-12(14)15-7-11(8)9-3-2-4-10(6-9)13(16)17/h2-7H,1H3,(H2,14,15)(H,16,17). The second kappa shape index (κ2) is 4.25. The molecule has 0 saturated heterocycles. The van der Waals surface area contributed by atoms with Crippen molar-refractivity contribution in [1.82, 2.24) is 4.98 Å². The van der Waals surface area contributed by atoms with Gasteiger partial charge in [0.2, 0.25) is 0 Å². The number of benzene rings is 1. The highest BCUT2D eigenvalue weighted by molar-refractivity contribution is 5.89. The SMILES string of the molecule is Cc1cc(N)ncc1-c1cccc(C(=O)O)c1. The first kappa shape index (κ1) is 11.1. The summed E-state index contributed by atoms with van der Waals surface area (Å²) in [6.45, 7) is 1.92. The van der Waals surface area contributed by atoms with Crippen LogP contribution in [0.25, 0.3) is 11.1 Å². The van der Waals surface area contributed by atoms with Crippen LogP contribution in [0.2, 0.25) is 0 Å². The van der Waals surface area contributed by atoms with Crippen LogP contribution in [0.15, 0.2) is 36.5 Å². The van der Waals surface area contributed by atoms with Gasteiger partial charge in [0, 0.05) is 11.8 Å². The minimum atomic E-state index is -0.937. The van der Waals surface area contributed by atoms with Gasteiger partial charge in [-0.25, -0.2) is 9.78 Å². The molecule has 0 aliphatic heterocycles. The highest BCUT2D eigenvalue weighted by Gasteiger charge is 2.07. The molecular formula is C13H12N2O2. The van der Waals surface area contributed by atoms with Crippen molar-refractivity contribution in [3.63, 3.8) is 0 Å². The van der Waals surface area contributed by atoms with Crippen LogP contribution >= 0.6 is 0 Å². The quantitative estimate of drug-likeness (QED) is 0.827. The van der Waals surface area contributed by atoms with Crippen molar-refractivity contribution in [3.05, 3.63) is 47.7 Å². The molecule has 0 radical (unpaired) electrons. The van der Waals surface area contributed by atoms with E-state index < -0.39 is 5.97 Å². The van der Waals surface area contributed by atoms with E-state index in [1.807, 2.05) is 13.0 Å². The van der Waals surface area contributed by atoms with Crippen molar-refractivity contribution in [3.8, 4) is 11.1 Å². The molecule has 0 saturated carbocycles. The number of nitrogens with two attached hydrogens (primary N) is 1. The monoisotopic (exact) mass is 228 g/mol. The highest BCUT2D eigenvalue weighted by Crippen LogP contribution is 2.24. The Labute approximate surface area is 98.7 Å².